The van der Waals surface area contributed by atoms with E-state index in [-0.39, 0.29) is 17.8 Å². The topological polar surface area (TPSA) is 75.7 Å². The average Bonchev–Trinajstić information content (AvgIpc) is 2.55. The van der Waals surface area contributed by atoms with Crippen molar-refractivity contribution in [1.29, 1.82) is 0 Å². The number of nitrogens with zero attached hydrogens (tertiary/aromatic N) is 1. The highest BCUT2D eigenvalue weighted by molar-refractivity contribution is 7.91. The fourth-order valence-corrected chi connectivity index (χ4v) is 3.25. The van der Waals surface area contributed by atoms with Crippen LogP contribution in [0.25, 0.3) is 0 Å². The minimum atomic E-state index is -3.28. The maximum atomic E-state index is 13.8. The Hall–Kier alpha value is -1.83. The lowest BCUT2D eigenvalue weighted by molar-refractivity contribution is 0.147. The van der Waals surface area contributed by atoms with Gasteiger partial charge in [-0.15, -0.1) is 0 Å². The number of carbonyl (C=O) groups is 1. The quantitative estimate of drug-likeness (QED) is 0.760. The molecule has 1 aromatic carbocycles. The van der Waals surface area contributed by atoms with Crippen LogP contribution in [-0.2, 0) is 9.84 Å². The molecule has 0 heterocycles. The van der Waals surface area contributed by atoms with E-state index >= 15 is 0 Å². The van der Waals surface area contributed by atoms with Crippen LogP contribution in [0.3, 0.4) is 0 Å². The maximum absolute atomic E-state index is 13.8. The van der Waals surface area contributed by atoms with Gasteiger partial charge >= 0.3 is 6.03 Å². The number of benzene rings is 1. The molecular formula is C19H31FN2O4S. The van der Waals surface area contributed by atoms with Gasteiger partial charge in [0, 0.05) is 19.3 Å². The van der Waals surface area contributed by atoms with Crippen LogP contribution in [0.1, 0.15) is 34.6 Å². The summed E-state index contributed by atoms with van der Waals surface area (Å²) in [5.41, 5.74) is -0.354. The molecule has 6 nitrogen and oxygen atoms in total. The van der Waals surface area contributed by atoms with Crippen LogP contribution >= 0.6 is 0 Å². The summed E-state index contributed by atoms with van der Waals surface area (Å²) in [7, 11) is -1.72. The molecule has 3 atom stereocenters. The molecule has 154 valence electrons. The molecule has 27 heavy (non-hydrogen) atoms. The van der Waals surface area contributed by atoms with Gasteiger partial charge in [0.05, 0.1) is 11.3 Å². The zero-order valence-corrected chi connectivity index (χ0v) is 17.9. The summed E-state index contributed by atoms with van der Waals surface area (Å²) in [4.78, 5) is 14.0. The van der Waals surface area contributed by atoms with Crippen LogP contribution in [0.2, 0.25) is 0 Å². The second-order valence-electron chi connectivity index (χ2n) is 8.00. The number of hydrogen-bond acceptors (Lipinski definition) is 4. The molecule has 0 aliphatic rings. The van der Waals surface area contributed by atoms with Gasteiger partial charge in [0.15, 0.2) is 21.4 Å². The van der Waals surface area contributed by atoms with E-state index in [1.165, 1.54) is 17.0 Å². The van der Waals surface area contributed by atoms with E-state index in [4.69, 9.17) is 4.74 Å². The molecule has 0 fully saturated rings. The fourth-order valence-electron chi connectivity index (χ4n) is 2.35. The summed E-state index contributed by atoms with van der Waals surface area (Å²) in [5.74, 6) is -0.349. The molecule has 1 aromatic rings. The third kappa shape index (κ3) is 6.68. The Morgan fingerprint density at radius 2 is 1.81 bits per heavy atom. The minimum absolute atomic E-state index is 0.0834. The van der Waals surface area contributed by atoms with Crippen molar-refractivity contribution in [3.8, 4) is 5.75 Å². The molecular weight excluding hydrogens is 371 g/mol. The van der Waals surface area contributed by atoms with Crippen LogP contribution in [-0.4, -0.2) is 56.6 Å². The molecule has 0 saturated heterocycles. The molecule has 0 radical (unpaired) electrons. The highest BCUT2D eigenvalue weighted by Gasteiger charge is 2.32. The van der Waals surface area contributed by atoms with Gasteiger partial charge in [0.2, 0.25) is 0 Å². The van der Waals surface area contributed by atoms with E-state index in [1.807, 2.05) is 20.8 Å². The monoisotopic (exact) mass is 402 g/mol. The van der Waals surface area contributed by atoms with Gasteiger partial charge in [-0.25, -0.2) is 17.6 Å². The Kier molecular flexibility index (Phi) is 7.66. The van der Waals surface area contributed by atoms with Crippen LogP contribution in [0.15, 0.2) is 24.3 Å². The Bertz CT molecular complexity index is 746. The number of amides is 2. The third-order valence-electron chi connectivity index (χ3n) is 4.87. The molecule has 0 aliphatic heterocycles. The van der Waals surface area contributed by atoms with E-state index in [9.17, 15) is 17.6 Å². The molecule has 0 spiro atoms. The van der Waals surface area contributed by atoms with E-state index in [1.54, 1.807) is 33.0 Å². The normalized spacial score (nSPS) is 15.6. The Morgan fingerprint density at radius 1 is 1.26 bits per heavy atom. The van der Waals surface area contributed by atoms with Crippen molar-refractivity contribution in [3.63, 3.8) is 0 Å². The summed E-state index contributed by atoms with van der Waals surface area (Å²) < 4.78 is 42.8. The lowest BCUT2D eigenvalue weighted by atomic mass is 9.87. The SMILES string of the molecule is CC(C(C)S(C)(=O)=O)N(C)C(=O)NC(COc1ccccc1F)C(C)(C)C. The maximum Gasteiger partial charge on any atom is 0.317 e. The lowest BCUT2D eigenvalue weighted by Gasteiger charge is -2.35. The minimum Gasteiger partial charge on any atom is -0.488 e. The van der Waals surface area contributed by atoms with E-state index in [2.05, 4.69) is 5.32 Å². The predicted molar refractivity (Wildman–Crippen MR) is 105 cm³/mol. The molecule has 1 N–H and O–H groups in total. The Morgan fingerprint density at radius 3 is 2.30 bits per heavy atom. The van der Waals surface area contributed by atoms with Gasteiger partial charge in [-0.1, -0.05) is 32.9 Å². The summed E-state index contributed by atoms with van der Waals surface area (Å²) in [6, 6.07) is 4.76. The van der Waals surface area contributed by atoms with E-state index in [0.717, 1.165) is 6.26 Å². The number of sulfone groups is 1. The van der Waals surface area contributed by atoms with Gasteiger partial charge in [-0.3, -0.25) is 0 Å². The standard InChI is InChI=1S/C19H31FN2O4S/c1-13(14(2)27(7,24)25)22(6)18(23)21-17(19(3,4)5)12-26-16-11-9-8-10-15(16)20/h8-11,13-14,17H,12H2,1-7H3,(H,21,23). The first-order valence-corrected chi connectivity index (χ1v) is 10.8. The van der Waals surface area contributed by atoms with E-state index in [0.29, 0.717) is 0 Å². The number of carbonyl (C=O) groups excluding carboxylic acids is 1. The molecule has 0 aliphatic carbocycles. The predicted octanol–water partition coefficient (Wildman–Crippen LogP) is 3.08. The number of nitrogens with one attached hydrogen (secondary N) is 1. The number of ether oxygens (including phenoxy) is 1. The number of urea groups is 1. The van der Waals surface area contributed by atoms with Gasteiger partial charge in [-0.05, 0) is 31.4 Å². The van der Waals surface area contributed by atoms with Crippen molar-refractivity contribution in [2.24, 2.45) is 5.41 Å². The smallest absolute Gasteiger partial charge is 0.317 e. The van der Waals surface area contributed by atoms with Gasteiger partial charge < -0.3 is 15.0 Å². The van der Waals surface area contributed by atoms with Crippen LogP contribution < -0.4 is 10.1 Å². The number of rotatable bonds is 7. The Labute approximate surface area is 162 Å². The van der Waals surface area contributed by atoms with Crippen molar-refractivity contribution in [1.82, 2.24) is 10.2 Å². The lowest BCUT2D eigenvalue weighted by Crippen LogP contribution is -2.55. The van der Waals surface area contributed by atoms with Crippen molar-refractivity contribution >= 4 is 15.9 Å². The second-order valence-corrected chi connectivity index (χ2v) is 10.4. The average molecular weight is 403 g/mol. The van der Waals surface area contributed by atoms with Gasteiger partial charge in [-0.2, -0.15) is 0 Å². The molecule has 1 rings (SSSR count). The Balaban J connectivity index is 2.84. The van der Waals surface area contributed by atoms with Crippen molar-refractivity contribution < 1.29 is 22.3 Å². The number of halogens is 1. The molecule has 2 amide bonds. The molecule has 0 saturated carbocycles. The summed E-state index contributed by atoms with van der Waals surface area (Å²) >= 11 is 0. The first kappa shape index (κ1) is 23.2. The van der Waals surface area contributed by atoms with Gasteiger partial charge in [0.1, 0.15) is 6.61 Å². The zero-order chi connectivity index (χ0) is 21.0. The highest BCUT2D eigenvalue weighted by Crippen LogP contribution is 2.23. The number of para-hydroxylation sites is 1. The van der Waals surface area contributed by atoms with Crippen molar-refractivity contribution in [2.45, 2.75) is 52.0 Å². The molecule has 8 heteroatoms. The molecule has 3 unspecified atom stereocenters. The van der Waals surface area contributed by atoms with Crippen LogP contribution in [0.5, 0.6) is 5.75 Å². The van der Waals surface area contributed by atoms with E-state index < -0.39 is 39.0 Å². The summed E-state index contributed by atoms with van der Waals surface area (Å²) in [6.07, 6.45) is 1.15. The summed E-state index contributed by atoms with van der Waals surface area (Å²) in [6.45, 7) is 9.15. The second kappa shape index (κ2) is 8.91. The van der Waals surface area contributed by atoms with Crippen LogP contribution in [0.4, 0.5) is 9.18 Å². The molecule has 0 aromatic heterocycles. The number of hydrogen-bond donors (Lipinski definition) is 1. The van der Waals surface area contributed by atoms with Crippen LogP contribution in [0, 0.1) is 11.2 Å². The fraction of sp³-hybridized carbons (Fsp3) is 0.632. The molecule has 0 bridgehead atoms. The van der Waals surface area contributed by atoms with Crippen molar-refractivity contribution in [2.75, 3.05) is 19.9 Å². The third-order valence-corrected chi connectivity index (χ3v) is 6.62. The zero-order valence-electron chi connectivity index (χ0n) is 17.1. The first-order chi connectivity index (χ1) is 12.2. The summed E-state index contributed by atoms with van der Waals surface area (Å²) in [5, 5.41) is 2.18. The van der Waals surface area contributed by atoms with Crippen molar-refractivity contribution in [3.05, 3.63) is 30.1 Å². The highest BCUT2D eigenvalue weighted by atomic mass is 32.2. The van der Waals surface area contributed by atoms with Gasteiger partial charge in [0.25, 0.3) is 0 Å². The largest absolute Gasteiger partial charge is 0.488 e. The first-order valence-electron chi connectivity index (χ1n) is 8.84.